The third kappa shape index (κ3) is 2.01. The van der Waals surface area contributed by atoms with Crippen molar-refractivity contribution in [3.05, 3.63) is 48.2 Å². The van der Waals surface area contributed by atoms with Gasteiger partial charge in [-0.25, -0.2) is 4.79 Å². The molecule has 1 atom stereocenters. The lowest BCUT2D eigenvalue weighted by Gasteiger charge is -2.24. The molecule has 1 saturated heterocycles. The molecule has 1 aliphatic heterocycles. The minimum absolute atomic E-state index is 0.0147. The van der Waals surface area contributed by atoms with Crippen molar-refractivity contribution in [3.8, 4) is 0 Å². The summed E-state index contributed by atoms with van der Waals surface area (Å²) in [6.07, 6.45) is -0.572. The lowest BCUT2D eigenvalue weighted by molar-refractivity contribution is -0.141. The number of ether oxygens (including phenoxy) is 1. The highest BCUT2D eigenvalue weighted by molar-refractivity contribution is 6.02. The van der Waals surface area contributed by atoms with Crippen LogP contribution in [-0.4, -0.2) is 23.0 Å². The van der Waals surface area contributed by atoms with Crippen molar-refractivity contribution in [3.63, 3.8) is 0 Å². The van der Waals surface area contributed by atoms with E-state index in [1.54, 1.807) is 24.3 Å². The zero-order valence-electron chi connectivity index (χ0n) is 10.4. The van der Waals surface area contributed by atoms with Gasteiger partial charge in [-0.2, -0.15) is 0 Å². The SMILES string of the molecule is C=C1C(=O)O[C@H](C(C)C)N1C(=O)c1ccccc1. The monoisotopic (exact) mass is 245 g/mol. The second kappa shape index (κ2) is 4.64. The van der Waals surface area contributed by atoms with E-state index >= 15 is 0 Å². The smallest absolute Gasteiger partial charge is 0.356 e. The number of nitrogens with zero attached hydrogens (tertiary/aromatic N) is 1. The first kappa shape index (κ1) is 12.4. The van der Waals surface area contributed by atoms with Crippen molar-refractivity contribution >= 4 is 11.9 Å². The van der Waals surface area contributed by atoms with Crippen LogP contribution >= 0.6 is 0 Å². The molecule has 0 N–H and O–H groups in total. The van der Waals surface area contributed by atoms with E-state index in [-0.39, 0.29) is 17.5 Å². The minimum Gasteiger partial charge on any atom is -0.436 e. The Labute approximate surface area is 106 Å². The summed E-state index contributed by atoms with van der Waals surface area (Å²) in [5.74, 6) is -0.774. The highest BCUT2D eigenvalue weighted by atomic mass is 16.6. The lowest BCUT2D eigenvalue weighted by atomic mass is 10.1. The van der Waals surface area contributed by atoms with Crippen LogP contribution in [0.2, 0.25) is 0 Å². The molecule has 1 heterocycles. The van der Waals surface area contributed by atoms with Gasteiger partial charge in [-0.1, -0.05) is 38.6 Å². The third-order valence-corrected chi connectivity index (χ3v) is 2.82. The Morgan fingerprint density at radius 2 is 1.94 bits per heavy atom. The molecule has 94 valence electrons. The van der Waals surface area contributed by atoms with E-state index in [9.17, 15) is 9.59 Å². The highest BCUT2D eigenvalue weighted by Gasteiger charge is 2.41. The fraction of sp³-hybridized carbons (Fsp3) is 0.286. The standard InChI is InChI=1S/C14H15NO3/c1-9(2)13-15(10(3)14(17)18-13)12(16)11-7-5-4-6-8-11/h4-9,13H,3H2,1-2H3/t13-/m1/s1. The number of esters is 1. The van der Waals surface area contributed by atoms with Crippen LogP contribution in [0.25, 0.3) is 0 Å². The average Bonchev–Trinajstić information content (AvgIpc) is 2.66. The molecule has 1 aromatic carbocycles. The number of hydrogen-bond acceptors (Lipinski definition) is 3. The zero-order valence-corrected chi connectivity index (χ0v) is 10.4. The Balaban J connectivity index is 2.33. The second-order valence-corrected chi connectivity index (χ2v) is 4.53. The molecule has 1 aliphatic rings. The molecule has 1 aromatic rings. The van der Waals surface area contributed by atoms with Crippen LogP contribution in [0.5, 0.6) is 0 Å². The topological polar surface area (TPSA) is 46.6 Å². The summed E-state index contributed by atoms with van der Waals surface area (Å²) in [4.78, 5) is 25.2. The van der Waals surface area contributed by atoms with Crippen LogP contribution in [0.3, 0.4) is 0 Å². The molecule has 1 amide bonds. The molecule has 18 heavy (non-hydrogen) atoms. The number of carbonyl (C=O) groups excluding carboxylic acids is 2. The van der Waals surface area contributed by atoms with E-state index in [1.807, 2.05) is 19.9 Å². The first-order valence-electron chi connectivity index (χ1n) is 5.81. The summed E-state index contributed by atoms with van der Waals surface area (Å²) in [6.45, 7) is 7.41. The fourth-order valence-corrected chi connectivity index (χ4v) is 1.87. The Kier molecular flexibility index (Phi) is 3.19. The van der Waals surface area contributed by atoms with E-state index in [4.69, 9.17) is 4.74 Å². The average molecular weight is 245 g/mol. The van der Waals surface area contributed by atoms with Crippen molar-refractivity contribution in [1.29, 1.82) is 0 Å². The number of rotatable bonds is 2. The van der Waals surface area contributed by atoms with E-state index in [1.165, 1.54) is 4.90 Å². The van der Waals surface area contributed by atoms with E-state index in [0.717, 1.165) is 0 Å². The van der Waals surface area contributed by atoms with Gasteiger partial charge in [-0.15, -0.1) is 0 Å². The molecule has 4 heteroatoms. The van der Waals surface area contributed by atoms with Crippen LogP contribution in [0.4, 0.5) is 0 Å². The molecule has 0 aliphatic carbocycles. The molecule has 0 saturated carbocycles. The van der Waals surface area contributed by atoms with E-state index in [2.05, 4.69) is 6.58 Å². The van der Waals surface area contributed by atoms with E-state index in [0.29, 0.717) is 5.56 Å². The number of amides is 1. The first-order valence-corrected chi connectivity index (χ1v) is 5.81. The van der Waals surface area contributed by atoms with Gasteiger partial charge in [-0.3, -0.25) is 9.69 Å². The molecular formula is C14H15NO3. The van der Waals surface area contributed by atoms with Crippen LogP contribution in [0.15, 0.2) is 42.6 Å². The number of benzene rings is 1. The summed E-state index contributed by atoms with van der Waals surface area (Å²) in [5.41, 5.74) is 0.616. The molecule has 0 aromatic heterocycles. The van der Waals surface area contributed by atoms with Gasteiger partial charge in [0, 0.05) is 11.5 Å². The van der Waals surface area contributed by atoms with Crippen molar-refractivity contribution in [2.24, 2.45) is 5.92 Å². The van der Waals surface area contributed by atoms with Gasteiger partial charge in [0.2, 0.25) is 0 Å². The van der Waals surface area contributed by atoms with Crippen molar-refractivity contribution in [1.82, 2.24) is 4.90 Å². The highest BCUT2D eigenvalue weighted by Crippen LogP contribution is 2.27. The number of cyclic esters (lactones) is 1. The summed E-state index contributed by atoms with van der Waals surface area (Å²) >= 11 is 0. The zero-order chi connectivity index (χ0) is 13.3. The minimum atomic E-state index is -0.572. The fourth-order valence-electron chi connectivity index (χ4n) is 1.87. The molecule has 1 fully saturated rings. The molecular weight excluding hydrogens is 230 g/mol. The van der Waals surface area contributed by atoms with Gasteiger partial charge in [0.1, 0.15) is 5.70 Å². The van der Waals surface area contributed by atoms with Crippen molar-refractivity contribution in [2.75, 3.05) is 0 Å². The Bertz CT molecular complexity index is 493. The van der Waals surface area contributed by atoms with Gasteiger partial charge in [0.15, 0.2) is 6.23 Å². The lowest BCUT2D eigenvalue weighted by Crippen LogP contribution is -2.38. The molecule has 0 radical (unpaired) electrons. The first-order chi connectivity index (χ1) is 8.52. The van der Waals surface area contributed by atoms with Gasteiger partial charge < -0.3 is 4.74 Å². The molecule has 0 spiro atoms. The van der Waals surface area contributed by atoms with Crippen LogP contribution in [-0.2, 0) is 9.53 Å². The van der Waals surface area contributed by atoms with Gasteiger partial charge in [-0.05, 0) is 12.1 Å². The summed E-state index contributed by atoms with van der Waals surface area (Å²) in [7, 11) is 0. The molecule has 2 rings (SSSR count). The molecule has 0 unspecified atom stereocenters. The van der Waals surface area contributed by atoms with Gasteiger partial charge >= 0.3 is 5.97 Å². The maximum absolute atomic E-state index is 12.4. The Morgan fingerprint density at radius 1 is 1.33 bits per heavy atom. The predicted octanol–water partition coefficient (Wildman–Crippen LogP) is 2.18. The normalized spacial score (nSPS) is 19.3. The van der Waals surface area contributed by atoms with Crippen LogP contribution in [0, 0.1) is 5.92 Å². The maximum atomic E-state index is 12.4. The van der Waals surface area contributed by atoms with E-state index < -0.39 is 12.2 Å². The summed E-state index contributed by atoms with van der Waals surface area (Å²) in [6, 6.07) is 8.79. The Morgan fingerprint density at radius 3 is 2.50 bits per heavy atom. The van der Waals surface area contributed by atoms with Gasteiger partial charge in [0.05, 0.1) is 0 Å². The third-order valence-electron chi connectivity index (χ3n) is 2.82. The van der Waals surface area contributed by atoms with Crippen LogP contribution < -0.4 is 0 Å². The quantitative estimate of drug-likeness (QED) is 0.592. The number of carbonyl (C=O) groups is 2. The maximum Gasteiger partial charge on any atom is 0.356 e. The molecule has 0 bridgehead atoms. The largest absolute Gasteiger partial charge is 0.436 e. The Hall–Kier alpha value is -2.10. The predicted molar refractivity (Wildman–Crippen MR) is 66.5 cm³/mol. The van der Waals surface area contributed by atoms with Crippen molar-refractivity contribution in [2.45, 2.75) is 20.1 Å². The van der Waals surface area contributed by atoms with Crippen molar-refractivity contribution < 1.29 is 14.3 Å². The number of hydrogen-bond donors (Lipinski definition) is 0. The second-order valence-electron chi connectivity index (χ2n) is 4.53. The summed E-state index contributed by atoms with van der Waals surface area (Å²) in [5, 5.41) is 0. The van der Waals surface area contributed by atoms with Gasteiger partial charge in [0.25, 0.3) is 5.91 Å². The molecule has 4 nitrogen and oxygen atoms in total. The van der Waals surface area contributed by atoms with Crippen LogP contribution in [0.1, 0.15) is 24.2 Å². The summed E-state index contributed by atoms with van der Waals surface area (Å²) < 4.78 is 5.16.